The molecular weight excluding hydrogens is 614 g/mol. The summed E-state index contributed by atoms with van der Waals surface area (Å²) in [6, 6.07) is 9.10. The van der Waals surface area contributed by atoms with Gasteiger partial charge in [-0.05, 0) is 53.4 Å². The number of carbonyl (C=O) groups excluding carboxylic acids is 4. The Labute approximate surface area is 253 Å². The molecule has 3 amide bonds. The van der Waals surface area contributed by atoms with E-state index in [1.807, 2.05) is 0 Å². The van der Waals surface area contributed by atoms with Crippen molar-refractivity contribution in [3.8, 4) is 5.75 Å². The number of methoxy groups -OCH3 is 1. The first-order chi connectivity index (χ1) is 20.2. The van der Waals surface area contributed by atoms with Gasteiger partial charge in [0, 0.05) is 6.42 Å². The fraction of sp³-hybridized carbons (Fsp3) is 0.310. The molecule has 0 spiro atoms. The summed E-state index contributed by atoms with van der Waals surface area (Å²) < 4.78 is 59.2. The lowest BCUT2D eigenvalue weighted by atomic mass is 9.97. The second kappa shape index (κ2) is 14.5. The van der Waals surface area contributed by atoms with E-state index in [-0.39, 0.29) is 16.9 Å². The van der Waals surface area contributed by atoms with Gasteiger partial charge in [-0.2, -0.15) is 13.2 Å². The minimum absolute atomic E-state index is 0.148. The number of halogens is 5. The number of amides is 3. The minimum Gasteiger partial charge on any atom is -0.497 e. The van der Waals surface area contributed by atoms with Crippen molar-refractivity contribution in [3.05, 3.63) is 86.8 Å². The van der Waals surface area contributed by atoms with Crippen LogP contribution in [0.5, 0.6) is 5.75 Å². The molecule has 0 aliphatic carbocycles. The average Bonchev–Trinajstić information content (AvgIpc) is 3.39. The predicted octanol–water partition coefficient (Wildman–Crippen LogP) is 5.02. The molecule has 0 saturated heterocycles. The van der Waals surface area contributed by atoms with Gasteiger partial charge in [0.15, 0.2) is 0 Å². The monoisotopic (exact) mass is 641 g/mol. The molecule has 14 heteroatoms. The van der Waals surface area contributed by atoms with Gasteiger partial charge in [-0.1, -0.05) is 49.7 Å². The van der Waals surface area contributed by atoms with Gasteiger partial charge in [0.2, 0.25) is 11.8 Å². The Morgan fingerprint density at radius 2 is 1.60 bits per heavy atom. The molecule has 3 rings (SSSR count). The summed E-state index contributed by atoms with van der Waals surface area (Å²) in [7, 11) is 1.40. The molecule has 0 bridgehead atoms. The van der Waals surface area contributed by atoms with Crippen molar-refractivity contribution in [1.29, 1.82) is 0 Å². The van der Waals surface area contributed by atoms with Crippen LogP contribution in [0.1, 0.15) is 40.7 Å². The number of ether oxygens (including phenoxy) is 1. The van der Waals surface area contributed by atoms with Crippen molar-refractivity contribution in [2.24, 2.45) is 5.92 Å². The van der Waals surface area contributed by atoms with E-state index in [2.05, 4.69) is 16.0 Å². The van der Waals surface area contributed by atoms with Gasteiger partial charge in [0.25, 0.3) is 11.7 Å². The van der Waals surface area contributed by atoms with Crippen LogP contribution < -0.4 is 20.7 Å². The van der Waals surface area contributed by atoms with Crippen molar-refractivity contribution >= 4 is 46.4 Å². The second-order valence-corrected chi connectivity index (χ2v) is 11.5. The Kier molecular flexibility index (Phi) is 11.3. The van der Waals surface area contributed by atoms with Gasteiger partial charge >= 0.3 is 6.18 Å². The van der Waals surface area contributed by atoms with Crippen LogP contribution in [0, 0.1) is 11.7 Å². The minimum atomic E-state index is -5.22. The first-order valence-corrected chi connectivity index (χ1v) is 14.1. The highest BCUT2D eigenvalue weighted by atomic mass is 35.5. The Morgan fingerprint density at radius 3 is 2.14 bits per heavy atom. The SMILES string of the molecule is COc1ccc([C@H](NC(=O)[C@H](Cc2cccc(F)c2)NC(=O)c2ccc(Cl)s2)C(=O)N[C@H](C(=O)C(F)(F)F)C(C)C)cc1. The number of hydrogen-bond donors (Lipinski definition) is 3. The number of carbonyl (C=O) groups is 4. The van der Waals surface area contributed by atoms with Crippen LogP contribution in [0.3, 0.4) is 0 Å². The molecule has 2 aromatic carbocycles. The number of rotatable bonds is 12. The van der Waals surface area contributed by atoms with Crippen molar-refractivity contribution in [1.82, 2.24) is 16.0 Å². The van der Waals surface area contributed by atoms with Gasteiger partial charge in [-0.15, -0.1) is 11.3 Å². The van der Waals surface area contributed by atoms with E-state index >= 15 is 0 Å². The van der Waals surface area contributed by atoms with Crippen LogP contribution in [0.15, 0.2) is 60.7 Å². The number of thiophene rings is 1. The zero-order valence-corrected chi connectivity index (χ0v) is 24.7. The zero-order valence-electron chi connectivity index (χ0n) is 23.1. The number of hydrogen-bond acceptors (Lipinski definition) is 6. The Hall–Kier alpha value is -3.97. The van der Waals surface area contributed by atoms with Crippen LogP contribution in [0.25, 0.3) is 0 Å². The summed E-state index contributed by atoms with van der Waals surface area (Å²) in [5.41, 5.74) is 0.486. The highest BCUT2D eigenvalue weighted by Gasteiger charge is 2.45. The molecule has 3 atom stereocenters. The van der Waals surface area contributed by atoms with Crippen molar-refractivity contribution < 1.29 is 41.5 Å². The maximum atomic E-state index is 13.9. The molecule has 230 valence electrons. The molecule has 0 radical (unpaired) electrons. The predicted molar refractivity (Wildman–Crippen MR) is 152 cm³/mol. The Bertz CT molecular complexity index is 1460. The third kappa shape index (κ3) is 9.26. The molecule has 43 heavy (non-hydrogen) atoms. The number of Topliss-reactive ketones (excluding diaryl/α,β-unsaturated/α-hetero) is 1. The van der Waals surface area contributed by atoms with E-state index < -0.39 is 59.5 Å². The van der Waals surface area contributed by atoms with Crippen molar-refractivity contribution in [2.45, 2.75) is 44.6 Å². The summed E-state index contributed by atoms with van der Waals surface area (Å²) in [5.74, 6) is -5.96. The van der Waals surface area contributed by atoms with Crippen LogP contribution in [0.2, 0.25) is 4.34 Å². The smallest absolute Gasteiger partial charge is 0.452 e. The standard InChI is InChI=1S/C29H28ClF4N3O5S/c1-15(2)23(25(38)29(32,33)34)36-28(41)24(17-7-9-19(42-3)10-8-17)37-26(39)20(14-16-5-4-6-18(31)13-16)35-27(40)21-11-12-22(30)43-21/h4-13,15,20,23-24H,14H2,1-3H3,(H,35,40)(H,36,41)(H,37,39)/t20-,23-,24-/m0/s1. The molecule has 0 saturated carbocycles. The van der Waals surface area contributed by atoms with E-state index in [9.17, 15) is 36.7 Å². The molecule has 0 unspecified atom stereocenters. The molecule has 8 nitrogen and oxygen atoms in total. The highest BCUT2D eigenvalue weighted by Crippen LogP contribution is 2.24. The van der Waals surface area contributed by atoms with Gasteiger partial charge < -0.3 is 20.7 Å². The van der Waals surface area contributed by atoms with Crippen LogP contribution >= 0.6 is 22.9 Å². The quantitative estimate of drug-likeness (QED) is 0.241. The molecular formula is C29H28ClF4N3O5S. The van der Waals surface area contributed by atoms with E-state index in [0.717, 1.165) is 17.4 Å². The molecule has 1 heterocycles. The average molecular weight is 642 g/mol. The summed E-state index contributed by atoms with van der Waals surface area (Å²) in [5, 5.41) is 7.14. The lowest BCUT2D eigenvalue weighted by Crippen LogP contribution is -2.55. The molecule has 1 aromatic heterocycles. The van der Waals surface area contributed by atoms with E-state index in [4.69, 9.17) is 16.3 Å². The van der Waals surface area contributed by atoms with Gasteiger partial charge in [0.05, 0.1) is 22.4 Å². The lowest BCUT2D eigenvalue weighted by molar-refractivity contribution is -0.175. The number of alkyl halides is 3. The topological polar surface area (TPSA) is 114 Å². The molecule has 3 aromatic rings. The lowest BCUT2D eigenvalue weighted by Gasteiger charge is -2.27. The maximum Gasteiger partial charge on any atom is 0.452 e. The van der Waals surface area contributed by atoms with Gasteiger partial charge in [-0.3, -0.25) is 19.2 Å². The number of nitrogens with one attached hydrogen (secondary N) is 3. The molecule has 0 aliphatic heterocycles. The van der Waals surface area contributed by atoms with Crippen molar-refractivity contribution in [2.75, 3.05) is 7.11 Å². The Balaban J connectivity index is 1.96. The maximum absolute atomic E-state index is 13.9. The number of ketones is 1. The van der Waals surface area contributed by atoms with Crippen LogP contribution in [-0.4, -0.2) is 48.9 Å². The fourth-order valence-corrected chi connectivity index (χ4v) is 5.01. The second-order valence-electron chi connectivity index (χ2n) is 9.77. The van der Waals surface area contributed by atoms with Crippen molar-refractivity contribution in [3.63, 3.8) is 0 Å². The first kappa shape index (κ1) is 33.5. The van der Waals surface area contributed by atoms with Gasteiger partial charge in [0.1, 0.15) is 23.7 Å². The Morgan fingerprint density at radius 1 is 0.930 bits per heavy atom. The summed E-state index contributed by atoms with van der Waals surface area (Å²) in [6.45, 7) is 2.66. The highest BCUT2D eigenvalue weighted by molar-refractivity contribution is 7.18. The zero-order chi connectivity index (χ0) is 31.9. The number of benzene rings is 2. The molecule has 3 N–H and O–H groups in total. The third-order valence-corrected chi connectivity index (χ3v) is 7.50. The van der Waals surface area contributed by atoms with E-state index in [1.165, 1.54) is 75.6 Å². The van der Waals surface area contributed by atoms with E-state index in [0.29, 0.717) is 15.6 Å². The van der Waals surface area contributed by atoms with E-state index in [1.54, 1.807) is 0 Å². The largest absolute Gasteiger partial charge is 0.497 e. The molecule has 0 fully saturated rings. The third-order valence-electron chi connectivity index (χ3n) is 6.27. The van der Waals surface area contributed by atoms with Crippen LogP contribution in [0.4, 0.5) is 17.6 Å². The van der Waals surface area contributed by atoms with Crippen LogP contribution in [-0.2, 0) is 20.8 Å². The summed E-state index contributed by atoms with van der Waals surface area (Å²) in [4.78, 5) is 52.2. The first-order valence-electron chi connectivity index (χ1n) is 12.9. The van der Waals surface area contributed by atoms with Gasteiger partial charge in [-0.25, -0.2) is 4.39 Å². The molecule has 0 aliphatic rings. The summed E-state index contributed by atoms with van der Waals surface area (Å²) in [6.07, 6.45) is -5.42. The normalized spacial score (nSPS) is 13.5. The summed E-state index contributed by atoms with van der Waals surface area (Å²) >= 11 is 6.88. The fourth-order valence-electron chi connectivity index (χ4n) is 4.06.